The van der Waals surface area contributed by atoms with Crippen LogP contribution < -0.4 is 15.2 Å². The van der Waals surface area contributed by atoms with Crippen molar-refractivity contribution in [2.45, 2.75) is 19.8 Å². The Kier molecular flexibility index (Phi) is 6.10. The molecule has 1 aliphatic heterocycles. The van der Waals surface area contributed by atoms with Crippen LogP contribution in [0.3, 0.4) is 0 Å². The highest BCUT2D eigenvalue weighted by Crippen LogP contribution is 2.49. The summed E-state index contributed by atoms with van der Waals surface area (Å²) < 4.78 is 20.8. The Bertz CT molecular complexity index is 928. The van der Waals surface area contributed by atoms with Crippen LogP contribution in [-0.2, 0) is 14.3 Å². The van der Waals surface area contributed by atoms with E-state index in [1.165, 1.54) is 33.3 Å². The van der Waals surface area contributed by atoms with E-state index in [0.717, 1.165) is 0 Å². The Hall–Kier alpha value is -3.74. The number of rotatable bonds is 6. The van der Waals surface area contributed by atoms with E-state index < -0.39 is 22.5 Å². The number of nitro benzene ring substituents is 1. The van der Waals surface area contributed by atoms with Crippen molar-refractivity contribution in [1.29, 1.82) is 5.26 Å². The Balaban J connectivity index is 2.94. The van der Waals surface area contributed by atoms with Gasteiger partial charge in [-0.25, -0.2) is 4.79 Å². The smallest absolute Gasteiger partial charge is 0.338 e. The molecule has 1 heterocycles. The second kappa shape index (κ2) is 8.30. The molecule has 0 amide bonds. The van der Waals surface area contributed by atoms with Crippen molar-refractivity contribution in [3.63, 3.8) is 0 Å². The monoisotopic (exact) mass is 389 g/mol. The van der Waals surface area contributed by atoms with Crippen molar-refractivity contribution in [2.24, 2.45) is 5.73 Å². The van der Waals surface area contributed by atoms with Gasteiger partial charge in [0.2, 0.25) is 5.88 Å². The van der Waals surface area contributed by atoms with Crippen LogP contribution in [0.5, 0.6) is 11.5 Å². The molecule has 2 rings (SSSR count). The van der Waals surface area contributed by atoms with E-state index in [0.29, 0.717) is 0 Å². The lowest BCUT2D eigenvalue weighted by Gasteiger charge is -2.27. The SMILES string of the molecule is CCOC(=O)C1=C(C)OC(N)=C(C#N)C1c1c(OC)ccc(OC)c1[N+](=O)[O-]. The van der Waals surface area contributed by atoms with Crippen LogP contribution >= 0.6 is 0 Å². The summed E-state index contributed by atoms with van der Waals surface area (Å²) in [6.07, 6.45) is 0. The summed E-state index contributed by atoms with van der Waals surface area (Å²) in [5.41, 5.74) is 5.07. The van der Waals surface area contributed by atoms with Crippen LogP contribution in [0.4, 0.5) is 5.69 Å². The minimum Gasteiger partial charge on any atom is -0.496 e. The van der Waals surface area contributed by atoms with Crippen LogP contribution in [0.1, 0.15) is 25.3 Å². The first-order valence-electron chi connectivity index (χ1n) is 8.16. The first kappa shape index (κ1) is 20.6. The number of nitrogens with zero attached hydrogens (tertiary/aromatic N) is 2. The highest BCUT2D eigenvalue weighted by atomic mass is 16.6. The third kappa shape index (κ3) is 3.42. The number of allylic oxidation sites excluding steroid dienone is 2. The Labute approximate surface area is 160 Å². The summed E-state index contributed by atoms with van der Waals surface area (Å²) in [4.78, 5) is 23.8. The molecule has 28 heavy (non-hydrogen) atoms. The summed E-state index contributed by atoms with van der Waals surface area (Å²) in [6.45, 7) is 3.12. The Morgan fingerprint density at radius 3 is 2.46 bits per heavy atom. The lowest BCUT2D eigenvalue weighted by Crippen LogP contribution is -2.26. The average Bonchev–Trinajstić information content (AvgIpc) is 2.66. The number of hydrogen-bond acceptors (Lipinski definition) is 9. The van der Waals surface area contributed by atoms with Gasteiger partial charge in [-0.15, -0.1) is 0 Å². The van der Waals surface area contributed by atoms with Gasteiger partial charge in [0.1, 0.15) is 23.2 Å². The standard InChI is InChI=1S/C18H19N3O7/c1-5-27-18(22)13-9(2)28-17(20)10(8-19)14(13)15-11(25-3)6-7-12(26-4)16(15)21(23)24/h6-7,14H,5,20H2,1-4H3. The molecule has 1 aliphatic rings. The fourth-order valence-electron chi connectivity index (χ4n) is 3.02. The number of carbonyl (C=O) groups excluding carboxylic acids is 1. The molecule has 0 radical (unpaired) electrons. The van der Waals surface area contributed by atoms with Gasteiger partial charge in [0, 0.05) is 0 Å². The lowest BCUT2D eigenvalue weighted by molar-refractivity contribution is -0.386. The van der Waals surface area contributed by atoms with Crippen LogP contribution in [-0.4, -0.2) is 31.7 Å². The molecular weight excluding hydrogens is 370 g/mol. The molecule has 10 heteroatoms. The third-order valence-corrected chi connectivity index (χ3v) is 4.15. The zero-order chi connectivity index (χ0) is 21.0. The summed E-state index contributed by atoms with van der Waals surface area (Å²) >= 11 is 0. The molecule has 0 spiro atoms. The van der Waals surface area contributed by atoms with Gasteiger partial charge in [0.05, 0.1) is 42.8 Å². The molecule has 0 bridgehead atoms. The van der Waals surface area contributed by atoms with Crippen molar-refractivity contribution in [1.82, 2.24) is 0 Å². The van der Waals surface area contributed by atoms with E-state index in [1.54, 1.807) is 6.92 Å². The van der Waals surface area contributed by atoms with Gasteiger partial charge in [-0.1, -0.05) is 0 Å². The maximum Gasteiger partial charge on any atom is 0.338 e. The Morgan fingerprint density at radius 2 is 1.96 bits per heavy atom. The molecule has 2 N–H and O–H groups in total. The fourth-order valence-corrected chi connectivity index (χ4v) is 3.02. The maximum absolute atomic E-state index is 12.6. The normalized spacial score (nSPS) is 16.2. The topological polar surface area (TPSA) is 147 Å². The van der Waals surface area contributed by atoms with Crippen molar-refractivity contribution >= 4 is 11.7 Å². The number of nitro groups is 1. The zero-order valence-corrected chi connectivity index (χ0v) is 15.8. The fraction of sp³-hybridized carbons (Fsp3) is 0.333. The molecule has 0 aliphatic carbocycles. The van der Waals surface area contributed by atoms with E-state index in [1.807, 2.05) is 6.07 Å². The summed E-state index contributed by atoms with van der Waals surface area (Å²) in [5, 5.41) is 21.5. The first-order valence-corrected chi connectivity index (χ1v) is 8.16. The molecule has 1 aromatic carbocycles. The van der Waals surface area contributed by atoms with Crippen LogP contribution in [0.25, 0.3) is 0 Å². The van der Waals surface area contributed by atoms with Gasteiger partial charge >= 0.3 is 11.7 Å². The average molecular weight is 389 g/mol. The van der Waals surface area contributed by atoms with Crippen molar-refractivity contribution in [3.8, 4) is 17.6 Å². The zero-order valence-electron chi connectivity index (χ0n) is 15.8. The van der Waals surface area contributed by atoms with E-state index >= 15 is 0 Å². The van der Waals surface area contributed by atoms with E-state index in [2.05, 4.69) is 0 Å². The lowest BCUT2D eigenvalue weighted by atomic mass is 9.81. The van der Waals surface area contributed by atoms with Gasteiger partial charge in [-0.3, -0.25) is 10.1 Å². The number of benzene rings is 1. The Morgan fingerprint density at radius 1 is 1.36 bits per heavy atom. The van der Waals surface area contributed by atoms with Gasteiger partial charge in [0.15, 0.2) is 5.75 Å². The second-order valence-corrected chi connectivity index (χ2v) is 5.60. The number of ether oxygens (including phenoxy) is 4. The molecular formula is C18H19N3O7. The number of carbonyl (C=O) groups is 1. The van der Waals surface area contributed by atoms with Crippen LogP contribution in [0, 0.1) is 21.4 Å². The number of nitriles is 1. The van der Waals surface area contributed by atoms with E-state index in [9.17, 15) is 20.2 Å². The summed E-state index contributed by atoms with van der Waals surface area (Å²) in [5.74, 6) is -2.21. The molecule has 148 valence electrons. The van der Waals surface area contributed by atoms with Gasteiger partial charge in [0.25, 0.3) is 0 Å². The number of nitrogens with two attached hydrogens (primary N) is 1. The molecule has 1 atom stereocenters. The highest BCUT2D eigenvalue weighted by molar-refractivity contribution is 5.93. The minimum absolute atomic E-state index is 0.0563. The minimum atomic E-state index is -1.23. The molecule has 1 unspecified atom stereocenters. The second-order valence-electron chi connectivity index (χ2n) is 5.60. The molecule has 10 nitrogen and oxygen atoms in total. The first-order chi connectivity index (χ1) is 13.3. The van der Waals surface area contributed by atoms with Crippen molar-refractivity contribution < 1.29 is 28.7 Å². The van der Waals surface area contributed by atoms with Crippen molar-refractivity contribution in [3.05, 3.63) is 50.6 Å². The van der Waals surface area contributed by atoms with E-state index in [-0.39, 0.29) is 46.5 Å². The third-order valence-electron chi connectivity index (χ3n) is 4.15. The molecule has 0 fully saturated rings. The molecule has 0 saturated carbocycles. The number of methoxy groups -OCH3 is 2. The number of hydrogen-bond donors (Lipinski definition) is 1. The predicted molar refractivity (Wildman–Crippen MR) is 96.2 cm³/mol. The van der Waals surface area contributed by atoms with E-state index in [4.69, 9.17) is 24.7 Å². The maximum atomic E-state index is 12.6. The predicted octanol–water partition coefficient (Wildman–Crippen LogP) is 2.26. The molecule has 1 aromatic rings. The van der Waals surface area contributed by atoms with Gasteiger partial charge in [-0.2, -0.15) is 5.26 Å². The highest BCUT2D eigenvalue weighted by Gasteiger charge is 2.43. The number of esters is 1. The van der Waals surface area contributed by atoms with Crippen molar-refractivity contribution in [2.75, 3.05) is 20.8 Å². The summed E-state index contributed by atoms with van der Waals surface area (Å²) in [7, 11) is 2.58. The molecule has 0 saturated heterocycles. The van der Waals surface area contributed by atoms with Gasteiger partial charge < -0.3 is 24.7 Å². The molecule has 0 aromatic heterocycles. The van der Waals surface area contributed by atoms with Crippen LogP contribution in [0.15, 0.2) is 34.9 Å². The summed E-state index contributed by atoms with van der Waals surface area (Å²) in [6, 6.07) is 4.68. The largest absolute Gasteiger partial charge is 0.496 e. The van der Waals surface area contributed by atoms with Gasteiger partial charge in [-0.05, 0) is 26.0 Å². The van der Waals surface area contributed by atoms with Crippen LogP contribution in [0.2, 0.25) is 0 Å². The quantitative estimate of drug-likeness (QED) is 0.439.